The number of benzene rings is 1. The average Bonchev–Trinajstić information content (AvgIpc) is 2.18. The van der Waals surface area contributed by atoms with Crippen molar-refractivity contribution in [2.75, 3.05) is 0 Å². The van der Waals surface area contributed by atoms with E-state index in [2.05, 4.69) is 15.9 Å². The lowest BCUT2D eigenvalue weighted by molar-refractivity contribution is -0.132. The van der Waals surface area contributed by atoms with Gasteiger partial charge in [-0.2, -0.15) is 5.26 Å². The van der Waals surface area contributed by atoms with E-state index in [-0.39, 0.29) is 5.56 Å². The van der Waals surface area contributed by atoms with Crippen molar-refractivity contribution in [2.45, 2.75) is 0 Å². The van der Waals surface area contributed by atoms with E-state index < -0.39 is 17.4 Å². The van der Waals surface area contributed by atoms with E-state index in [0.717, 1.165) is 6.08 Å². The van der Waals surface area contributed by atoms with Crippen molar-refractivity contribution < 1.29 is 14.3 Å². The van der Waals surface area contributed by atoms with E-state index in [1.165, 1.54) is 24.3 Å². The quantitative estimate of drug-likeness (QED) is 0.663. The summed E-state index contributed by atoms with van der Waals surface area (Å²) >= 11 is 3.12. The van der Waals surface area contributed by atoms with Gasteiger partial charge in [-0.15, -0.1) is 0 Å². The lowest BCUT2D eigenvalue weighted by Crippen LogP contribution is -1.98. The molecule has 1 aromatic carbocycles. The van der Waals surface area contributed by atoms with Crippen LogP contribution in [0.2, 0.25) is 0 Å². The molecular formula is C10H5BrFNO2. The van der Waals surface area contributed by atoms with Crippen LogP contribution in [0, 0.1) is 17.1 Å². The molecule has 0 aliphatic carbocycles. The van der Waals surface area contributed by atoms with Crippen LogP contribution < -0.4 is 0 Å². The standard InChI is InChI=1S/C10H5BrFNO2/c11-8-1-2-9(12)6(4-8)3-7(5-13)10(14)15/h1-4H,(H,14,15)/b7-3+. The molecule has 0 heterocycles. The van der Waals surface area contributed by atoms with Gasteiger partial charge >= 0.3 is 5.97 Å². The highest BCUT2D eigenvalue weighted by molar-refractivity contribution is 9.10. The molecule has 0 fully saturated rings. The lowest BCUT2D eigenvalue weighted by atomic mass is 10.1. The molecular weight excluding hydrogens is 265 g/mol. The molecule has 0 aromatic heterocycles. The Morgan fingerprint density at radius 3 is 2.80 bits per heavy atom. The molecule has 0 unspecified atom stereocenters. The number of hydrogen-bond donors (Lipinski definition) is 1. The summed E-state index contributed by atoms with van der Waals surface area (Å²) in [6, 6.07) is 5.55. The molecule has 1 aromatic rings. The molecule has 0 spiro atoms. The van der Waals surface area contributed by atoms with Crippen molar-refractivity contribution in [1.29, 1.82) is 5.26 Å². The van der Waals surface area contributed by atoms with Crippen LogP contribution in [0.25, 0.3) is 6.08 Å². The van der Waals surface area contributed by atoms with Crippen molar-refractivity contribution in [3.8, 4) is 6.07 Å². The van der Waals surface area contributed by atoms with Crippen LogP contribution in [0.15, 0.2) is 28.2 Å². The molecule has 1 N–H and O–H groups in total. The summed E-state index contributed by atoms with van der Waals surface area (Å²) in [4.78, 5) is 10.5. The highest BCUT2D eigenvalue weighted by Gasteiger charge is 2.08. The number of nitrogens with zero attached hydrogens (tertiary/aromatic N) is 1. The summed E-state index contributed by atoms with van der Waals surface area (Å²) in [5.74, 6) is -1.95. The van der Waals surface area contributed by atoms with Crippen LogP contribution >= 0.6 is 15.9 Å². The molecule has 0 radical (unpaired) electrons. The SMILES string of the molecule is N#C/C(=C\c1cc(Br)ccc1F)C(=O)O. The molecule has 0 aliphatic rings. The first-order valence-electron chi connectivity index (χ1n) is 3.84. The minimum atomic E-state index is -1.38. The van der Waals surface area contributed by atoms with E-state index in [4.69, 9.17) is 10.4 Å². The van der Waals surface area contributed by atoms with Crippen molar-refractivity contribution >= 4 is 28.0 Å². The van der Waals surface area contributed by atoms with Crippen LogP contribution in [0.5, 0.6) is 0 Å². The summed E-state index contributed by atoms with van der Waals surface area (Å²) in [6.45, 7) is 0. The van der Waals surface area contributed by atoms with Crippen LogP contribution in [0.3, 0.4) is 0 Å². The zero-order chi connectivity index (χ0) is 11.4. The lowest BCUT2D eigenvalue weighted by Gasteiger charge is -1.98. The van der Waals surface area contributed by atoms with Crippen LogP contribution in [-0.2, 0) is 4.79 Å². The van der Waals surface area contributed by atoms with Gasteiger partial charge in [0.1, 0.15) is 17.5 Å². The average molecular weight is 270 g/mol. The van der Waals surface area contributed by atoms with Gasteiger partial charge in [0.25, 0.3) is 0 Å². The second-order valence-corrected chi connectivity index (χ2v) is 3.56. The Labute approximate surface area is 93.6 Å². The summed E-state index contributed by atoms with van der Waals surface area (Å²) in [5.41, 5.74) is -0.449. The van der Waals surface area contributed by atoms with Crippen molar-refractivity contribution in [3.05, 3.63) is 39.6 Å². The normalized spacial score (nSPS) is 10.9. The molecule has 5 heteroatoms. The number of rotatable bonds is 2. The number of nitriles is 1. The van der Waals surface area contributed by atoms with E-state index in [9.17, 15) is 9.18 Å². The molecule has 1 rings (SSSR count). The fraction of sp³-hybridized carbons (Fsp3) is 0. The van der Waals surface area contributed by atoms with Gasteiger partial charge in [0, 0.05) is 10.0 Å². The summed E-state index contributed by atoms with van der Waals surface area (Å²) in [7, 11) is 0. The Kier molecular flexibility index (Phi) is 3.58. The number of carboxylic acids is 1. The van der Waals surface area contributed by atoms with Crippen molar-refractivity contribution in [2.24, 2.45) is 0 Å². The number of carbonyl (C=O) groups is 1. The van der Waals surface area contributed by atoms with Gasteiger partial charge < -0.3 is 5.11 Å². The first kappa shape index (κ1) is 11.4. The minimum absolute atomic E-state index is 0.0586. The molecule has 0 atom stereocenters. The first-order valence-corrected chi connectivity index (χ1v) is 4.64. The highest BCUT2D eigenvalue weighted by Crippen LogP contribution is 2.18. The van der Waals surface area contributed by atoms with Crippen molar-refractivity contribution in [1.82, 2.24) is 0 Å². The topological polar surface area (TPSA) is 61.1 Å². The van der Waals surface area contributed by atoms with Gasteiger partial charge in [-0.25, -0.2) is 9.18 Å². The Balaban J connectivity index is 3.23. The van der Waals surface area contributed by atoms with Gasteiger partial charge in [0.2, 0.25) is 0 Å². The molecule has 76 valence electrons. The maximum atomic E-state index is 13.2. The Bertz CT molecular complexity index is 477. The first-order chi connectivity index (χ1) is 7.04. The fourth-order valence-corrected chi connectivity index (χ4v) is 1.30. The number of aliphatic carboxylic acids is 1. The zero-order valence-electron chi connectivity index (χ0n) is 7.37. The molecule has 3 nitrogen and oxygen atoms in total. The Morgan fingerprint density at radius 1 is 1.60 bits per heavy atom. The van der Waals surface area contributed by atoms with Gasteiger partial charge in [-0.3, -0.25) is 0 Å². The molecule has 0 aliphatic heterocycles. The monoisotopic (exact) mass is 269 g/mol. The molecule has 0 saturated heterocycles. The van der Waals surface area contributed by atoms with Crippen LogP contribution in [0.1, 0.15) is 5.56 Å². The Morgan fingerprint density at radius 2 is 2.27 bits per heavy atom. The largest absolute Gasteiger partial charge is 0.477 e. The number of carboxylic acid groups (broad SMARTS) is 1. The zero-order valence-corrected chi connectivity index (χ0v) is 8.95. The summed E-state index contributed by atoms with van der Waals surface area (Å²) in [5, 5.41) is 17.1. The maximum absolute atomic E-state index is 13.2. The second kappa shape index (κ2) is 4.71. The van der Waals surface area contributed by atoms with Gasteiger partial charge in [-0.1, -0.05) is 15.9 Å². The predicted molar refractivity (Wildman–Crippen MR) is 55.3 cm³/mol. The smallest absolute Gasteiger partial charge is 0.346 e. The Hall–Kier alpha value is -1.67. The van der Waals surface area contributed by atoms with E-state index in [1.807, 2.05) is 0 Å². The molecule has 0 bridgehead atoms. The predicted octanol–water partition coefficient (Wildman–Crippen LogP) is 2.58. The van der Waals surface area contributed by atoms with Crippen LogP contribution in [0.4, 0.5) is 4.39 Å². The van der Waals surface area contributed by atoms with E-state index in [0.29, 0.717) is 4.47 Å². The maximum Gasteiger partial charge on any atom is 0.346 e. The number of hydrogen-bond acceptors (Lipinski definition) is 2. The van der Waals surface area contributed by atoms with Gasteiger partial charge in [0.15, 0.2) is 0 Å². The molecule has 15 heavy (non-hydrogen) atoms. The second-order valence-electron chi connectivity index (χ2n) is 2.64. The van der Waals surface area contributed by atoms with Crippen LogP contribution in [-0.4, -0.2) is 11.1 Å². The fourth-order valence-electron chi connectivity index (χ4n) is 0.923. The highest BCUT2D eigenvalue weighted by atomic mass is 79.9. The molecule has 0 amide bonds. The number of halogens is 2. The van der Waals surface area contributed by atoms with Crippen molar-refractivity contribution in [3.63, 3.8) is 0 Å². The summed E-state index contributed by atoms with van der Waals surface area (Å²) < 4.78 is 13.8. The minimum Gasteiger partial charge on any atom is -0.477 e. The third-order valence-corrected chi connectivity index (χ3v) is 2.10. The summed E-state index contributed by atoms with van der Waals surface area (Å²) in [6.07, 6.45) is 0.989. The third-order valence-electron chi connectivity index (χ3n) is 1.61. The van der Waals surface area contributed by atoms with E-state index >= 15 is 0 Å². The third kappa shape index (κ3) is 2.89. The van der Waals surface area contributed by atoms with Gasteiger partial charge in [0.05, 0.1) is 0 Å². The molecule has 0 saturated carbocycles. The van der Waals surface area contributed by atoms with Gasteiger partial charge in [-0.05, 0) is 24.3 Å². The van der Waals surface area contributed by atoms with E-state index in [1.54, 1.807) is 0 Å².